The predicted molar refractivity (Wildman–Crippen MR) is 83.6 cm³/mol. The van der Waals surface area contributed by atoms with Crippen molar-refractivity contribution in [3.8, 4) is 0 Å². The second-order valence-electron chi connectivity index (χ2n) is 4.79. The highest BCUT2D eigenvalue weighted by atomic mass is 32.2. The molecule has 0 bridgehead atoms. The molecule has 1 atom stereocenters. The van der Waals surface area contributed by atoms with Gasteiger partial charge in [-0.1, -0.05) is 6.07 Å². The van der Waals surface area contributed by atoms with E-state index >= 15 is 0 Å². The van der Waals surface area contributed by atoms with Crippen LogP contribution in [0.2, 0.25) is 0 Å². The standard InChI is InChI=1S/C13H20N4O2S2/c1-11(13-5-3-8-20-13)16(2)21(18,19)12-9-15-17(10-12)7-4-6-14/h3,5,8-11H,4,6-7,14H2,1-2H3. The van der Waals surface area contributed by atoms with Crippen LogP contribution < -0.4 is 5.73 Å². The Bertz CT molecular complexity index is 664. The maximum atomic E-state index is 12.6. The van der Waals surface area contributed by atoms with Gasteiger partial charge in [0.25, 0.3) is 0 Å². The lowest BCUT2D eigenvalue weighted by Gasteiger charge is -2.22. The summed E-state index contributed by atoms with van der Waals surface area (Å²) < 4.78 is 28.2. The van der Waals surface area contributed by atoms with Gasteiger partial charge in [-0.05, 0) is 31.3 Å². The highest BCUT2D eigenvalue weighted by Gasteiger charge is 2.28. The monoisotopic (exact) mass is 328 g/mol. The average Bonchev–Trinajstić information content (AvgIpc) is 3.14. The number of hydrogen-bond donors (Lipinski definition) is 1. The summed E-state index contributed by atoms with van der Waals surface area (Å²) in [4.78, 5) is 1.22. The van der Waals surface area contributed by atoms with Gasteiger partial charge in [0.15, 0.2) is 0 Å². The molecular formula is C13H20N4O2S2. The quantitative estimate of drug-likeness (QED) is 0.838. The van der Waals surface area contributed by atoms with E-state index in [0.717, 1.165) is 11.3 Å². The SMILES string of the molecule is CC(c1cccs1)N(C)S(=O)(=O)c1cnn(CCCN)c1. The Morgan fingerprint density at radius 3 is 2.90 bits per heavy atom. The van der Waals surface area contributed by atoms with E-state index in [2.05, 4.69) is 5.10 Å². The van der Waals surface area contributed by atoms with E-state index in [1.54, 1.807) is 29.3 Å². The van der Waals surface area contributed by atoms with E-state index in [1.807, 2.05) is 24.4 Å². The maximum absolute atomic E-state index is 12.6. The lowest BCUT2D eigenvalue weighted by Crippen LogP contribution is -2.29. The second-order valence-corrected chi connectivity index (χ2v) is 7.77. The smallest absolute Gasteiger partial charge is 0.246 e. The molecule has 2 aromatic heterocycles. The van der Waals surface area contributed by atoms with E-state index in [0.29, 0.717) is 13.1 Å². The third kappa shape index (κ3) is 3.52. The molecule has 0 aliphatic rings. The zero-order valence-electron chi connectivity index (χ0n) is 12.1. The van der Waals surface area contributed by atoms with Gasteiger partial charge >= 0.3 is 0 Å². The summed E-state index contributed by atoms with van der Waals surface area (Å²) in [6.45, 7) is 3.05. The number of rotatable bonds is 7. The number of nitrogens with two attached hydrogens (primary N) is 1. The summed E-state index contributed by atoms with van der Waals surface area (Å²) in [6, 6.07) is 3.65. The third-order valence-corrected chi connectivity index (χ3v) is 6.30. The molecule has 21 heavy (non-hydrogen) atoms. The van der Waals surface area contributed by atoms with Crippen LogP contribution in [0.4, 0.5) is 0 Å². The van der Waals surface area contributed by atoms with Crippen LogP contribution in [0, 0.1) is 0 Å². The van der Waals surface area contributed by atoms with Crippen LogP contribution in [-0.4, -0.2) is 36.1 Å². The molecule has 0 saturated heterocycles. The Morgan fingerprint density at radius 2 is 2.29 bits per heavy atom. The van der Waals surface area contributed by atoms with Crippen LogP contribution in [-0.2, 0) is 16.6 Å². The van der Waals surface area contributed by atoms with Crippen LogP contribution in [0.1, 0.15) is 24.3 Å². The molecule has 0 aromatic carbocycles. The molecule has 0 radical (unpaired) electrons. The van der Waals surface area contributed by atoms with Gasteiger partial charge in [-0.15, -0.1) is 11.3 Å². The molecule has 116 valence electrons. The van der Waals surface area contributed by atoms with Gasteiger partial charge in [-0.3, -0.25) is 4.68 Å². The van der Waals surface area contributed by atoms with Gasteiger partial charge in [-0.25, -0.2) is 8.42 Å². The van der Waals surface area contributed by atoms with Gasteiger partial charge in [-0.2, -0.15) is 9.40 Å². The zero-order chi connectivity index (χ0) is 15.5. The minimum atomic E-state index is -3.54. The lowest BCUT2D eigenvalue weighted by atomic mass is 10.3. The van der Waals surface area contributed by atoms with Gasteiger partial charge in [0.2, 0.25) is 10.0 Å². The first-order valence-corrected chi connectivity index (χ1v) is 9.02. The average molecular weight is 328 g/mol. The number of hydrogen-bond acceptors (Lipinski definition) is 5. The minimum absolute atomic E-state index is 0.206. The number of aromatic nitrogens is 2. The molecule has 2 heterocycles. The molecule has 6 nitrogen and oxygen atoms in total. The van der Waals surface area contributed by atoms with Crippen molar-refractivity contribution < 1.29 is 8.42 Å². The summed E-state index contributed by atoms with van der Waals surface area (Å²) in [5.41, 5.74) is 5.44. The third-order valence-electron chi connectivity index (χ3n) is 3.38. The number of nitrogens with zero attached hydrogens (tertiary/aromatic N) is 3. The molecule has 2 rings (SSSR count). The van der Waals surface area contributed by atoms with Crippen LogP contribution in [0.25, 0.3) is 0 Å². The predicted octanol–water partition coefficient (Wildman–Crippen LogP) is 1.68. The first kappa shape index (κ1) is 16.2. The van der Waals surface area contributed by atoms with Gasteiger partial charge < -0.3 is 5.73 Å². The lowest BCUT2D eigenvalue weighted by molar-refractivity contribution is 0.403. The molecule has 0 amide bonds. The molecule has 2 aromatic rings. The van der Waals surface area contributed by atoms with Crippen molar-refractivity contribution in [2.24, 2.45) is 5.73 Å². The Labute approximate surface area is 129 Å². The first-order valence-electron chi connectivity index (χ1n) is 6.70. The minimum Gasteiger partial charge on any atom is -0.330 e. The molecule has 1 unspecified atom stereocenters. The normalized spacial score (nSPS) is 13.7. The summed E-state index contributed by atoms with van der Waals surface area (Å²) >= 11 is 1.55. The van der Waals surface area contributed by atoms with Gasteiger partial charge in [0, 0.05) is 24.7 Å². The fourth-order valence-electron chi connectivity index (χ4n) is 1.94. The zero-order valence-corrected chi connectivity index (χ0v) is 13.8. The van der Waals surface area contributed by atoms with Crippen molar-refractivity contribution in [3.05, 3.63) is 34.8 Å². The van der Waals surface area contributed by atoms with E-state index in [-0.39, 0.29) is 10.9 Å². The molecule has 0 spiro atoms. The largest absolute Gasteiger partial charge is 0.330 e. The van der Waals surface area contributed by atoms with E-state index < -0.39 is 10.0 Å². The maximum Gasteiger partial charge on any atom is 0.246 e. The Morgan fingerprint density at radius 1 is 1.52 bits per heavy atom. The topological polar surface area (TPSA) is 81.2 Å². The summed E-state index contributed by atoms with van der Waals surface area (Å²) in [5.74, 6) is 0. The fraction of sp³-hybridized carbons (Fsp3) is 0.462. The first-order chi connectivity index (χ1) is 9.96. The molecule has 8 heteroatoms. The Balaban J connectivity index is 2.19. The van der Waals surface area contributed by atoms with E-state index in [4.69, 9.17) is 5.73 Å². The van der Waals surface area contributed by atoms with Gasteiger partial charge in [0.05, 0.1) is 12.2 Å². The molecular weight excluding hydrogens is 308 g/mol. The van der Waals surface area contributed by atoms with Crippen LogP contribution in [0.5, 0.6) is 0 Å². The highest BCUT2D eigenvalue weighted by molar-refractivity contribution is 7.89. The Kier molecular flexibility index (Phi) is 5.15. The van der Waals surface area contributed by atoms with Crippen LogP contribution >= 0.6 is 11.3 Å². The van der Waals surface area contributed by atoms with Crippen molar-refractivity contribution >= 4 is 21.4 Å². The summed E-state index contributed by atoms with van der Waals surface area (Å²) in [5, 5.41) is 6.02. The second kappa shape index (κ2) is 6.69. The number of sulfonamides is 1. The van der Waals surface area contributed by atoms with Crippen molar-refractivity contribution in [3.63, 3.8) is 0 Å². The van der Waals surface area contributed by atoms with Crippen molar-refractivity contribution in [2.45, 2.75) is 30.8 Å². The van der Waals surface area contributed by atoms with E-state index in [9.17, 15) is 8.42 Å². The molecule has 2 N–H and O–H groups in total. The van der Waals surface area contributed by atoms with Crippen LogP contribution in [0.3, 0.4) is 0 Å². The molecule has 0 aliphatic carbocycles. The fourth-order valence-corrected chi connectivity index (χ4v) is 4.13. The molecule has 0 saturated carbocycles. The highest BCUT2D eigenvalue weighted by Crippen LogP contribution is 2.28. The van der Waals surface area contributed by atoms with E-state index in [1.165, 1.54) is 10.5 Å². The Hall–Kier alpha value is -1.22. The molecule has 0 aliphatic heterocycles. The molecule has 0 fully saturated rings. The van der Waals surface area contributed by atoms with Crippen LogP contribution in [0.15, 0.2) is 34.8 Å². The number of aryl methyl sites for hydroxylation is 1. The van der Waals surface area contributed by atoms with Crippen molar-refractivity contribution in [1.82, 2.24) is 14.1 Å². The van der Waals surface area contributed by atoms with Crippen molar-refractivity contribution in [2.75, 3.05) is 13.6 Å². The van der Waals surface area contributed by atoms with Gasteiger partial charge in [0.1, 0.15) is 4.90 Å². The summed E-state index contributed by atoms with van der Waals surface area (Å²) in [7, 11) is -1.95. The summed E-state index contributed by atoms with van der Waals surface area (Å²) in [6.07, 6.45) is 3.72. The number of thiophene rings is 1. The van der Waals surface area contributed by atoms with Crippen molar-refractivity contribution in [1.29, 1.82) is 0 Å².